The zero-order valence-electron chi connectivity index (χ0n) is 13.2. The van der Waals surface area contributed by atoms with E-state index in [0.29, 0.717) is 12.1 Å². The summed E-state index contributed by atoms with van der Waals surface area (Å²) in [6, 6.07) is 3.25. The molecule has 0 aromatic carbocycles. The zero-order chi connectivity index (χ0) is 14.2. The molecule has 1 aromatic rings. The lowest BCUT2D eigenvalue weighted by molar-refractivity contribution is 0.346. The monoisotopic (exact) mass is 260 g/mol. The van der Waals surface area contributed by atoms with Crippen LogP contribution in [0.15, 0.2) is 6.07 Å². The van der Waals surface area contributed by atoms with Crippen molar-refractivity contribution >= 4 is 0 Å². The number of nitrogens with one attached hydrogen (secondary N) is 1. The normalized spacial score (nSPS) is 28.6. The first-order valence-electron chi connectivity index (χ1n) is 7.61. The van der Waals surface area contributed by atoms with Crippen molar-refractivity contribution < 1.29 is 0 Å². The molecule has 0 saturated heterocycles. The number of hydrogen-bond donors (Lipinski definition) is 1. The van der Waals surface area contributed by atoms with Gasteiger partial charge in [-0.2, -0.15) is 0 Å². The van der Waals surface area contributed by atoms with E-state index in [2.05, 4.69) is 57.9 Å². The molecule has 1 saturated carbocycles. The highest BCUT2D eigenvalue weighted by atomic mass is 15.0. The highest BCUT2D eigenvalue weighted by Gasteiger charge is 2.31. The van der Waals surface area contributed by atoms with Gasteiger partial charge in [-0.1, -0.05) is 13.8 Å². The Morgan fingerprint density at radius 3 is 2.42 bits per heavy atom. The lowest BCUT2D eigenvalue weighted by atomic mass is 9.95. The van der Waals surface area contributed by atoms with E-state index in [1.54, 1.807) is 0 Å². The third-order valence-electron chi connectivity index (χ3n) is 4.95. The molecule has 2 rings (SSSR count). The van der Waals surface area contributed by atoms with Gasteiger partial charge in [-0.05, 0) is 69.6 Å². The fourth-order valence-electron chi connectivity index (χ4n) is 3.69. The molecule has 1 fully saturated rings. The number of hydrogen-bond acceptors (Lipinski definition) is 2. The summed E-state index contributed by atoms with van der Waals surface area (Å²) in [6.45, 7) is 13.4. The largest absolute Gasteiger partial charge is 0.307 e. The van der Waals surface area contributed by atoms with Crippen LogP contribution in [0.1, 0.15) is 62.2 Å². The van der Waals surface area contributed by atoms with E-state index >= 15 is 0 Å². The van der Waals surface area contributed by atoms with E-state index < -0.39 is 0 Å². The van der Waals surface area contributed by atoms with Gasteiger partial charge < -0.3 is 5.32 Å². The lowest BCUT2D eigenvalue weighted by Gasteiger charge is -2.26. The van der Waals surface area contributed by atoms with Crippen molar-refractivity contribution in [1.29, 1.82) is 0 Å². The number of nitrogens with zero attached hydrogens (tertiary/aromatic N) is 1. The molecule has 0 bridgehead atoms. The quantitative estimate of drug-likeness (QED) is 0.885. The average molecular weight is 260 g/mol. The van der Waals surface area contributed by atoms with Gasteiger partial charge in [0, 0.05) is 23.5 Å². The van der Waals surface area contributed by atoms with Gasteiger partial charge in [-0.3, -0.25) is 4.98 Å². The van der Waals surface area contributed by atoms with Crippen molar-refractivity contribution in [2.24, 2.45) is 11.8 Å². The maximum absolute atomic E-state index is 4.62. The summed E-state index contributed by atoms with van der Waals surface area (Å²) in [6.07, 6.45) is 2.67. The minimum atomic E-state index is 0.394. The highest BCUT2D eigenvalue weighted by molar-refractivity contribution is 5.33. The molecule has 106 valence electrons. The number of pyridine rings is 1. The second-order valence-electron chi connectivity index (χ2n) is 6.49. The Morgan fingerprint density at radius 1 is 1.21 bits per heavy atom. The van der Waals surface area contributed by atoms with Crippen LogP contribution in [0.5, 0.6) is 0 Å². The van der Waals surface area contributed by atoms with E-state index in [0.717, 1.165) is 17.5 Å². The highest BCUT2D eigenvalue weighted by Crippen LogP contribution is 2.33. The Balaban J connectivity index is 2.14. The summed E-state index contributed by atoms with van der Waals surface area (Å²) in [7, 11) is 0. The lowest BCUT2D eigenvalue weighted by Crippen LogP contribution is -2.35. The van der Waals surface area contributed by atoms with Crippen LogP contribution >= 0.6 is 0 Å². The van der Waals surface area contributed by atoms with Gasteiger partial charge in [0.1, 0.15) is 0 Å². The molecule has 19 heavy (non-hydrogen) atoms. The smallest absolute Gasteiger partial charge is 0.0426 e. The molecule has 1 heterocycles. The second kappa shape index (κ2) is 5.62. The minimum Gasteiger partial charge on any atom is -0.307 e. The van der Waals surface area contributed by atoms with E-state index in [-0.39, 0.29) is 0 Å². The molecule has 0 amide bonds. The molecule has 1 aliphatic rings. The summed E-state index contributed by atoms with van der Waals surface area (Å²) < 4.78 is 0. The molecule has 2 nitrogen and oxygen atoms in total. The summed E-state index contributed by atoms with van der Waals surface area (Å²) in [4.78, 5) is 4.62. The SMILES string of the molecule is Cc1cc(C)c(C(C)NC2CCC(C)C2C)c(C)n1. The van der Waals surface area contributed by atoms with Crippen molar-refractivity contribution in [1.82, 2.24) is 10.3 Å². The van der Waals surface area contributed by atoms with Crippen molar-refractivity contribution in [3.8, 4) is 0 Å². The fourth-order valence-corrected chi connectivity index (χ4v) is 3.69. The van der Waals surface area contributed by atoms with E-state index in [1.165, 1.54) is 29.7 Å². The molecule has 0 radical (unpaired) electrons. The number of aromatic nitrogens is 1. The van der Waals surface area contributed by atoms with Gasteiger partial charge >= 0.3 is 0 Å². The molecule has 1 N–H and O–H groups in total. The summed E-state index contributed by atoms with van der Waals surface area (Å²) in [5, 5.41) is 3.84. The van der Waals surface area contributed by atoms with Gasteiger partial charge in [0.25, 0.3) is 0 Å². The van der Waals surface area contributed by atoms with E-state index in [4.69, 9.17) is 0 Å². The van der Waals surface area contributed by atoms with Crippen molar-refractivity contribution in [3.05, 3.63) is 28.6 Å². The van der Waals surface area contributed by atoms with Crippen LogP contribution in [-0.2, 0) is 0 Å². The maximum atomic E-state index is 4.62. The van der Waals surface area contributed by atoms with Crippen LogP contribution in [-0.4, -0.2) is 11.0 Å². The van der Waals surface area contributed by atoms with Gasteiger partial charge in [0.05, 0.1) is 0 Å². The maximum Gasteiger partial charge on any atom is 0.0426 e. The molecule has 2 heteroatoms. The van der Waals surface area contributed by atoms with Gasteiger partial charge in [-0.25, -0.2) is 0 Å². The standard InChI is InChI=1S/C17H28N2/c1-10-7-8-16(13(10)4)19-15(6)17-11(2)9-12(3)18-14(17)5/h9-10,13,15-16,19H,7-8H2,1-6H3. The molecule has 4 atom stereocenters. The van der Waals surface area contributed by atoms with Gasteiger partial charge in [0.2, 0.25) is 0 Å². The minimum absolute atomic E-state index is 0.394. The van der Waals surface area contributed by atoms with Gasteiger partial charge in [0.15, 0.2) is 0 Å². The first-order valence-corrected chi connectivity index (χ1v) is 7.61. The average Bonchev–Trinajstić information content (AvgIpc) is 2.59. The first kappa shape index (κ1) is 14.5. The molecular weight excluding hydrogens is 232 g/mol. The second-order valence-corrected chi connectivity index (χ2v) is 6.49. The number of aryl methyl sites for hydroxylation is 3. The van der Waals surface area contributed by atoms with Crippen molar-refractivity contribution in [2.75, 3.05) is 0 Å². The molecule has 1 aliphatic carbocycles. The summed E-state index contributed by atoms with van der Waals surface area (Å²) in [5.74, 6) is 1.63. The van der Waals surface area contributed by atoms with Gasteiger partial charge in [-0.15, -0.1) is 0 Å². The number of rotatable bonds is 3. The van der Waals surface area contributed by atoms with E-state index in [1.807, 2.05) is 0 Å². The molecule has 4 unspecified atom stereocenters. The van der Waals surface area contributed by atoms with E-state index in [9.17, 15) is 0 Å². The Hall–Kier alpha value is -0.890. The molecule has 1 aromatic heterocycles. The van der Waals surface area contributed by atoms with Crippen LogP contribution in [0, 0.1) is 32.6 Å². The summed E-state index contributed by atoms with van der Waals surface area (Å²) >= 11 is 0. The summed E-state index contributed by atoms with van der Waals surface area (Å²) in [5.41, 5.74) is 5.05. The third kappa shape index (κ3) is 3.00. The van der Waals surface area contributed by atoms with Crippen molar-refractivity contribution in [3.63, 3.8) is 0 Å². The topological polar surface area (TPSA) is 24.9 Å². The predicted molar refractivity (Wildman–Crippen MR) is 81.3 cm³/mol. The van der Waals surface area contributed by atoms with Crippen LogP contribution in [0.4, 0.5) is 0 Å². The first-order chi connectivity index (χ1) is 8.90. The predicted octanol–water partition coefficient (Wildman–Crippen LogP) is 4.09. The molecule has 0 spiro atoms. The van der Waals surface area contributed by atoms with Crippen LogP contribution < -0.4 is 5.32 Å². The van der Waals surface area contributed by atoms with Crippen LogP contribution in [0.3, 0.4) is 0 Å². The Labute approximate surface area is 118 Å². The zero-order valence-corrected chi connectivity index (χ0v) is 13.2. The Morgan fingerprint density at radius 2 is 1.89 bits per heavy atom. The van der Waals surface area contributed by atoms with Crippen LogP contribution in [0.2, 0.25) is 0 Å². The Kier molecular flexibility index (Phi) is 4.29. The molecular formula is C17H28N2. The third-order valence-corrected chi connectivity index (χ3v) is 4.95. The van der Waals surface area contributed by atoms with Crippen LogP contribution in [0.25, 0.3) is 0 Å². The molecule has 0 aliphatic heterocycles. The van der Waals surface area contributed by atoms with Crippen molar-refractivity contribution in [2.45, 2.75) is 66.5 Å². The fraction of sp³-hybridized carbons (Fsp3) is 0.706. The Bertz CT molecular complexity index is 430.